The number of ether oxygens (including phenoxy) is 2. The minimum atomic E-state index is -0.320. The number of benzene rings is 1. The van der Waals surface area contributed by atoms with Gasteiger partial charge < -0.3 is 19.4 Å². The van der Waals surface area contributed by atoms with Crippen molar-refractivity contribution in [2.24, 2.45) is 0 Å². The lowest BCUT2D eigenvalue weighted by Gasteiger charge is -2.26. The SMILES string of the molecule is C[C@@H](Sc1nnc(Cc2cccs2)n1C1CCCCC1)C(=O)Nc1ccc2c(c1)OCCO2. The molecule has 174 valence electrons. The van der Waals surface area contributed by atoms with Crippen LogP contribution in [0, 0.1) is 0 Å². The highest BCUT2D eigenvalue weighted by Crippen LogP contribution is 2.36. The molecule has 1 saturated carbocycles. The number of carbonyl (C=O) groups excluding carboxylic acids is 1. The summed E-state index contributed by atoms with van der Waals surface area (Å²) < 4.78 is 13.5. The van der Waals surface area contributed by atoms with Gasteiger partial charge in [0.25, 0.3) is 0 Å². The van der Waals surface area contributed by atoms with Crippen LogP contribution in [0.2, 0.25) is 0 Å². The van der Waals surface area contributed by atoms with Crippen LogP contribution in [0.3, 0.4) is 0 Å². The molecule has 5 rings (SSSR count). The highest BCUT2D eigenvalue weighted by Gasteiger charge is 2.26. The average Bonchev–Trinajstić information content (AvgIpc) is 3.50. The normalized spacial score (nSPS) is 17.0. The second kappa shape index (κ2) is 10.2. The molecule has 1 aliphatic heterocycles. The summed E-state index contributed by atoms with van der Waals surface area (Å²) in [5.41, 5.74) is 0.698. The lowest BCUT2D eigenvalue weighted by molar-refractivity contribution is -0.115. The highest BCUT2D eigenvalue weighted by molar-refractivity contribution is 8.00. The van der Waals surface area contributed by atoms with E-state index in [1.807, 2.05) is 25.1 Å². The summed E-state index contributed by atoms with van der Waals surface area (Å²) in [5.74, 6) is 2.29. The van der Waals surface area contributed by atoms with Gasteiger partial charge in [-0.1, -0.05) is 37.1 Å². The van der Waals surface area contributed by atoms with Crippen LogP contribution < -0.4 is 14.8 Å². The first-order valence-electron chi connectivity index (χ1n) is 11.5. The molecule has 2 aliphatic rings. The molecule has 1 amide bonds. The Kier molecular flexibility index (Phi) is 6.87. The van der Waals surface area contributed by atoms with E-state index in [1.165, 1.54) is 35.9 Å². The Morgan fingerprint density at radius 2 is 2.00 bits per heavy atom. The predicted molar refractivity (Wildman–Crippen MR) is 131 cm³/mol. The maximum Gasteiger partial charge on any atom is 0.237 e. The summed E-state index contributed by atoms with van der Waals surface area (Å²) in [4.78, 5) is 14.3. The summed E-state index contributed by atoms with van der Waals surface area (Å²) in [6.45, 7) is 2.97. The van der Waals surface area contributed by atoms with Gasteiger partial charge in [0.05, 0.1) is 5.25 Å². The van der Waals surface area contributed by atoms with E-state index in [-0.39, 0.29) is 11.2 Å². The van der Waals surface area contributed by atoms with Crippen molar-refractivity contribution in [3.8, 4) is 11.5 Å². The third-order valence-corrected chi connectivity index (χ3v) is 7.98. The van der Waals surface area contributed by atoms with Gasteiger partial charge in [-0.05, 0) is 43.3 Å². The Hall–Kier alpha value is -2.52. The molecule has 9 heteroatoms. The van der Waals surface area contributed by atoms with Crippen LogP contribution in [-0.4, -0.2) is 39.1 Å². The number of fused-ring (bicyclic) bond motifs is 1. The molecule has 0 radical (unpaired) electrons. The Labute approximate surface area is 201 Å². The van der Waals surface area contributed by atoms with Crippen molar-refractivity contribution in [1.82, 2.24) is 14.8 Å². The molecule has 1 atom stereocenters. The third-order valence-electron chi connectivity index (χ3n) is 6.05. The fourth-order valence-corrected chi connectivity index (χ4v) is 6.00. The first-order chi connectivity index (χ1) is 16.2. The van der Waals surface area contributed by atoms with E-state index in [9.17, 15) is 4.79 Å². The quantitative estimate of drug-likeness (QED) is 0.457. The highest BCUT2D eigenvalue weighted by atomic mass is 32.2. The fraction of sp³-hybridized carbons (Fsp3) is 0.458. The molecule has 0 saturated heterocycles. The number of carbonyl (C=O) groups is 1. The molecule has 7 nitrogen and oxygen atoms in total. The van der Waals surface area contributed by atoms with Gasteiger partial charge in [-0.2, -0.15) is 0 Å². The molecule has 3 aromatic rings. The lowest BCUT2D eigenvalue weighted by atomic mass is 9.95. The number of hydrogen-bond donors (Lipinski definition) is 1. The van der Waals surface area contributed by atoms with E-state index in [0.29, 0.717) is 36.4 Å². The lowest BCUT2D eigenvalue weighted by Crippen LogP contribution is -2.24. The zero-order valence-electron chi connectivity index (χ0n) is 18.7. The van der Waals surface area contributed by atoms with Crippen LogP contribution in [0.4, 0.5) is 5.69 Å². The summed E-state index contributed by atoms with van der Waals surface area (Å²) in [6, 6.07) is 10.1. The number of nitrogens with one attached hydrogen (secondary N) is 1. The standard InChI is InChI=1S/C24H28N4O3S2/c1-16(23(29)25-17-9-10-20-21(14-17)31-12-11-30-20)33-24-27-26-22(15-19-8-5-13-32-19)28(24)18-6-3-2-4-7-18/h5,8-10,13-14,16,18H,2-4,6-7,11-12,15H2,1H3,(H,25,29)/t16-/m1/s1. The molecule has 0 bridgehead atoms. The Bertz CT molecular complexity index is 1090. The topological polar surface area (TPSA) is 78.3 Å². The minimum Gasteiger partial charge on any atom is -0.486 e. The number of aromatic nitrogens is 3. The van der Waals surface area contributed by atoms with Crippen molar-refractivity contribution >= 4 is 34.7 Å². The van der Waals surface area contributed by atoms with Gasteiger partial charge in [0.15, 0.2) is 16.7 Å². The van der Waals surface area contributed by atoms with Gasteiger partial charge in [0, 0.05) is 29.1 Å². The molecule has 33 heavy (non-hydrogen) atoms. The Morgan fingerprint density at radius 3 is 2.79 bits per heavy atom. The van der Waals surface area contributed by atoms with Gasteiger partial charge in [-0.15, -0.1) is 21.5 Å². The number of thioether (sulfide) groups is 1. The van der Waals surface area contributed by atoms with E-state index in [2.05, 4.69) is 37.6 Å². The van der Waals surface area contributed by atoms with E-state index in [0.717, 1.165) is 30.2 Å². The minimum absolute atomic E-state index is 0.0744. The summed E-state index contributed by atoms with van der Waals surface area (Å²) >= 11 is 3.22. The summed E-state index contributed by atoms with van der Waals surface area (Å²) in [6.07, 6.45) is 6.80. The van der Waals surface area contributed by atoms with Crippen LogP contribution in [0.1, 0.15) is 55.8 Å². The van der Waals surface area contributed by atoms with Crippen LogP contribution in [0.25, 0.3) is 0 Å². The fourth-order valence-electron chi connectivity index (χ4n) is 4.36. The maximum atomic E-state index is 13.0. The molecule has 3 heterocycles. The van der Waals surface area contributed by atoms with Gasteiger partial charge in [0.2, 0.25) is 5.91 Å². The predicted octanol–water partition coefficient (Wildman–Crippen LogP) is 5.33. The van der Waals surface area contributed by atoms with E-state index in [1.54, 1.807) is 11.3 Å². The van der Waals surface area contributed by atoms with Gasteiger partial charge in [0.1, 0.15) is 19.0 Å². The Morgan fingerprint density at radius 1 is 1.18 bits per heavy atom. The van der Waals surface area contributed by atoms with Gasteiger partial charge >= 0.3 is 0 Å². The number of anilines is 1. The monoisotopic (exact) mass is 484 g/mol. The van der Waals surface area contributed by atoms with Crippen LogP contribution in [0.5, 0.6) is 11.5 Å². The molecule has 1 N–H and O–H groups in total. The number of amides is 1. The molecular weight excluding hydrogens is 456 g/mol. The van der Waals surface area contributed by atoms with Crippen molar-refractivity contribution in [1.29, 1.82) is 0 Å². The number of nitrogens with zero attached hydrogens (tertiary/aromatic N) is 3. The molecule has 1 aromatic carbocycles. The second-order valence-corrected chi connectivity index (χ2v) is 10.8. The third kappa shape index (κ3) is 5.19. The first-order valence-corrected chi connectivity index (χ1v) is 13.3. The zero-order chi connectivity index (χ0) is 22.6. The molecule has 2 aromatic heterocycles. The molecular formula is C24H28N4O3S2. The maximum absolute atomic E-state index is 13.0. The first kappa shape index (κ1) is 22.3. The van der Waals surface area contributed by atoms with Crippen molar-refractivity contribution in [3.63, 3.8) is 0 Å². The molecule has 0 spiro atoms. The second-order valence-electron chi connectivity index (χ2n) is 8.42. The van der Waals surface area contributed by atoms with E-state index in [4.69, 9.17) is 9.47 Å². The summed E-state index contributed by atoms with van der Waals surface area (Å²) in [7, 11) is 0. The smallest absolute Gasteiger partial charge is 0.237 e. The van der Waals surface area contributed by atoms with Crippen molar-refractivity contribution in [3.05, 3.63) is 46.4 Å². The van der Waals surface area contributed by atoms with E-state index >= 15 is 0 Å². The van der Waals surface area contributed by atoms with Crippen LogP contribution >= 0.6 is 23.1 Å². The molecule has 1 aliphatic carbocycles. The zero-order valence-corrected chi connectivity index (χ0v) is 20.3. The van der Waals surface area contributed by atoms with E-state index < -0.39 is 0 Å². The van der Waals surface area contributed by atoms with Crippen LogP contribution in [0.15, 0.2) is 40.9 Å². The Balaban J connectivity index is 1.31. The number of hydrogen-bond acceptors (Lipinski definition) is 7. The molecule has 0 unspecified atom stereocenters. The van der Waals surface area contributed by atoms with Crippen molar-refractivity contribution in [2.45, 2.75) is 61.9 Å². The van der Waals surface area contributed by atoms with Gasteiger partial charge in [-0.25, -0.2) is 0 Å². The number of thiophene rings is 1. The van der Waals surface area contributed by atoms with Crippen LogP contribution in [-0.2, 0) is 11.2 Å². The summed E-state index contributed by atoms with van der Waals surface area (Å²) in [5, 5.41) is 14.7. The number of rotatable bonds is 7. The largest absolute Gasteiger partial charge is 0.486 e. The van der Waals surface area contributed by atoms with Crippen molar-refractivity contribution < 1.29 is 14.3 Å². The average molecular weight is 485 g/mol. The molecule has 1 fully saturated rings. The van der Waals surface area contributed by atoms with Gasteiger partial charge in [-0.3, -0.25) is 4.79 Å². The van der Waals surface area contributed by atoms with Crippen molar-refractivity contribution in [2.75, 3.05) is 18.5 Å².